The van der Waals surface area contributed by atoms with Crippen LogP contribution < -0.4 is 4.90 Å². The van der Waals surface area contributed by atoms with E-state index in [1.807, 2.05) is 11.9 Å². The smallest absolute Gasteiger partial charge is 0.225 e. The number of hydrogen-bond donors (Lipinski definition) is 1. The molecule has 4 nitrogen and oxygen atoms in total. The summed E-state index contributed by atoms with van der Waals surface area (Å²) in [6.07, 6.45) is 3.32. The van der Waals surface area contributed by atoms with E-state index in [4.69, 9.17) is 5.11 Å². The number of hydrogen-bond acceptors (Lipinski definition) is 4. The lowest BCUT2D eigenvalue weighted by molar-refractivity contribution is 0.281. The lowest BCUT2D eigenvalue weighted by atomic mass is 10.1. The van der Waals surface area contributed by atoms with Gasteiger partial charge < -0.3 is 10.0 Å². The number of aliphatic hydroxyl groups excluding tert-OH is 1. The first-order valence-corrected chi connectivity index (χ1v) is 5.21. The molecule has 0 aliphatic heterocycles. The molecule has 1 rings (SSSR count). The molecular formula is C11H19N3O. The van der Waals surface area contributed by atoms with Crippen molar-refractivity contribution in [1.82, 2.24) is 9.97 Å². The van der Waals surface area contributed by atoms with Crippen LogP contribution in [0, 0.1) is 5.92 Å². The molecule has 0 aliphatic rings. The van der Waals surface area contributed by atoms with Gasteiger partial charge in [0.15, 0.2) is 0 Å². The second kappa shape index (κ2) is 5.07. The topological polar surface area (TPSA) is 49.2 Å². The molecule has 84 valence electrons. The van der Waals surface area contributed by atoms with E-state index in [9.17, 15) is 0 Å². The fourth-order valence-electron chi connectivity index (χ4n) is 1.24. The fraction of sp³-hybridized carbons (Fsp3) is 0.636. The van der Waals surface area contributed by atoms with Gasteiger partial charge in [-0.05, 0) is 12.8 Å². The predicted molar refractivity (Wildman–Crippen MR) is 60.7 cm³/mol. The maximum atomic E-state index is 8.87. The summed E-state index contributed by atoms with van der Waals surface area (Å²) < 4.78 is 0. The molecule has 1 heterocycles. The standard InChI is InChI=1S/C11H19N3O/c1-8(2)9(3)14(4)11-12-5-10(7-15)6-13-11/h5-6,8-9,15H,7H2,1-4H3. The van der Waals surface area contributed by atoms with Crippen molar-refractivity contribution < 1.29 is 5.11 Å². The van der Waals surface area contributed by atoms with Crippen LogP contribution in [0.5, 0.6) is 0 Å². The van der Waals surface area contributed by atoms with E-state index >= 15 is 0 Å². The average molecular weight is 209 g/mol. The highest BCUT2D eigenvalue weighted by atomic mass is 16.3. The number of aromatic nitrogens is 2. The summed E-state index contributed by atoms with van der Waals surface area (Å²) in [6.45, 7) is 6.48. The van der Waals surface area contributed by atoms with E-state index in [1.165, 1.54) is 0 Å². The Hall–Kier alpha value is -1.16. The van der Waals surface area contributed by atoms with Crippen LogP contribution in [0.1, 0.15) is 26.3 Å². The van der Waals surface area contributed by atoms with Crippen molar-refractivity contribution in [3.63, 3.8) is 0 Å². The van der Waals surface area contributed by atoms with Crippen molar-refractivity contribution in [2.24, 2.45) is 5.92 Å². The zero-order valence-electron chi connectivity index (χ0n) is 9.81. The van der Waals surface area contributed by atoms with E-state index in [2.05, 4.69) is 30.7 Å². The van der Waals surface area contributed by atoms with Crippen molar-refractivity contribution in [2.45, 2.75) is 33.4 Å². The molecule has 1 aromatic rings. The molecule has 0 aromatic carbocycles. The lowest BCUT2D eigenvalue weighted by Crippen LogP contribution is -2.34. The SMILES string of the molecule is CC(C)C(C)N(C)c1ncc(CO)cn1. The summed E-state index contributed by atoms with van der Waals surface area (Å²) in [5.41, 5.74) is 0.740. The number of rotatable bonds is 4. The van der Waals surface area contributed by atoms with Gasteiger partial charge in [-0.15, -0.1) is 0 Å². The molecule has 0 saturated carbocycles. The molecule has 15 heavy (non-hydrogen) atoms. The van der Waals surface area contributed by atoms with Crippen LogP contribution in [0.25, 0.3) is 0 Å². The van der Waals surface area contributed by atoms with Gasteiger partial charge in [-0.25, -0.2) is 9.97 Å². The molecule has 1 aromatic heterocycles. The number of nitrogens with zero attached hydrogens (tertiary/aromatic N) is 3. The van der Waals surface area contributed by atoms with Gasteiger partial charge in [0.2, 0.25) is 5.95 Å². The van der Waals surface area contributed by atoms with E-state index in [0.717, 1.165) is 5.56 Å². The molecule has 0 spiro atoms. The third-order valence-electron chi connectivity index (χ3n) is 2.77. The minimum atomic E-state index is -0.0102. The number of aliphatic hydroxyl groups is 1. The van der Waals surface area contributed by atoms with E-state index in [1.54, 1.807) is 12.4 Å². The van der Waals surface area contributed by atoms with Gasteiger partial charge in [-0.3, -0.25) is 0 Å². The molecule has 0 amide bonds. The second-order valence-corrected chi connectivity index (χ2v) is 4.14. The zero-order valence-corrected chi connectivity index (χ0v) is 9.81. The maximum absolute atomic E-state index is 8.87. The zero-order chi connectivity index (χ0) is 11.4. The highest BCUT2D eigenvalue weighted by molar-refractivity contribution is 5.29. The monoisotopic (exact) mass is 209 g/mol. The first-order valence-electron chi connectivity index (χ1n) is 5.21. The summed E-state index contributed by atoms with van der Waals surface area (Å²) in [4.78, 5) is 10.5. The van der Waals surface area contributed by atoms with Gasteiger partial charge in [-0.1, -0.05) is 13.8 Å². The molecule has 0 fully saturated rings. The Bertz CT molecular complexity index is 297. The van der Waals surface area contributed by atoms with Crippen molar-refractivity contribution in [2.75, 3.05) is 11.9 Å². The van der Waals surface area contributed by atoms with Crippen molar-refractivity contribution in [3.8, 4) is 0 Å². The maximum Gasteiger partial charge on any atom is 0.225 e. The van der Waals surface area contributed by atoms with Gasteiger partial charge in [-0.2, -0.15) is 0 Å². The van der Waals surface area contributed by atoms with E-state index < -0.39 is 0 Å². The highest BCUT2D eigenvalue weighted by Crippen LogP contribution is 2.14. The van der Waals surface area contributed by atoms with Crippen molar-refractivity contribution in [1.29, 1.82) is 0 Å². The molecular weight excluding hydrogens is 190 g/mol. The molecule has 1 atom stereocenters. The predicted octanol–water partition coefficient (Wildman–Crippen LogP) is 1.45. The first-order chi connectivity index (χ1) is 7.06. The summed E-state index contributed by atoms with van der Waals surface area (Å²) in [6, 6.07) is 0.393. The van der Waals surface area contributed by atoms with Gasteiger partial charge in [0, 0.05) is 31.0 Å². The molecule has 1 unspecified atom stereocenters. The molecule has 0 saturated heterocycles. The average Bonchev–Trinajstić information content (AvgIpc) is 2.27. The molecule has 0 radical (unpaired) electrons. The highest BCUT2D eigenvalue weighted by Gasteiger charge is 2.15. The molecule has 0 aliphatic carbocycles. The molecule has 4 heteroatoms. The Kier molecular flexibility index (Phi) is 4.03. The Morgan fingerprint density at radius 3 is 2.20 bits per heavy atom. The van der Waals surface area contributed by atoms with Crippen LogP contribution in [0.2, 0.25) is 0 Å². The van der Waals surface area contributed by atoms with E-state index in [-0.39, 0.29) is 6.61 Å². The second-order valence-electron chi connectivity index (χ2n) is 4.14. The normalized spacial score (nSPS) is 12.9. The third kappa shape index (κ3) is 2.89. The molecule has 1 N–H and O–H groups in total. The Balaban J connectivity index is 2.78. The van der Waals surface area contributed by atoms with Crippen molar-refractivity contribution >= 4 is 5.95 Å². The molecule has 0 bridgehead atoms. The quantitative estimate of drug-likeness (QED) is 0.815. The Morgan fingerprint density at radius 1 is 1.27 bits per heavy atom. The van der Waals surface area contributed by atoms with Crippen LogP contribution in [0.3, 0.4) is 0 Å². The van der Waals surface area contributed by atoms with Crippen molar-refractivity contribution in [3.05, 3.63) is 18.0 Å². The Labute approximate surface area is 91.0 Å². The number of anilines is 1. The van der Waals surface area contributed by atoms with Crippen LogP contribution >= 0.6 is 0 Å². The van der Waals surface area contributed by atoms with Gasteiger partial charge in [0.25, 0.3) is 0 Å². The fourth-order valence-corrected chi connectivity index (χ4v) is 1.24. The van der Waals surface area contributed by atoms with Gasteiger partial charge in [0.1, 0.15) is 0 Å². The van der Waals surface area contributed by atoms with Gasteiger partial charge >= 0.3 is 0 Å². The van der Waals surface area contributed by atoms with E-state index in [0.29, 0.717) is 17.9 Å². The lowest BCUT2D eigenvalue weighted by Gasteiger charge is -2.27. The van der Waals surface area contributed by atoms with Crippen LogP contribution in [0.15, 0.2) is 12.4 Å². The van der Waals surface area contributed by atoms with Crippen LogP contribution in [-0.2, 0) is 6.61 Å². The minimum absolute atomic E-state index is 0.0102. The summed E-state index contributed by atoms with van der Waals surface area (Å²) in [5.74, 6) is 1.25. The third-order valence-corrected chi connectivity index (χ3v) is 2.77. The van der Waals surface area contributed by atoms with Crippen LogP contribution in [-0.4, -0.2) is 28.2 Å². The van der Waals surface area contributed by atoms with Crippen LogP contribution in [0.4, 0.5) is 5.95 Å². The first kappa shape index (κ1) is 11.9. The summed E-state index contributed by atoms with van der Waals surface area (Å²) in [7, 11) is 1.98. The minimum Gasteiger partial charge on any atom is -0.392 e. The summed E-state index contributed by atoms with van der Waals surface area (Å²) in [5, 5.41) is 8.87. The summed E-state index contributed by atoms with van der Waals surface area (Å²) >= 11 is 0. The van der Waals surface area contributed by atoms with Gasteiger partial charge in [0.05, 0.1) is 6.61 Å². The Morgan fingerprint density at radius 2 is 1.80 bits per heavy atom. The largest absolute Gasteiger partial charge is 0.392 e.